The lowest BCUT2D eigenvalue weighted by Crippen LogP contribution is -2.48. The molecule has 0 bridgehead atoms. The van der Waals surface area contributed by atoms with E-state index < -0.39 is 6.09 Å². The van der Waals surface area contributed by atoms with Gasteiger partial charge in [-0.05, 0) is 12.8 Å². The Morgan fingerprint density at radius 2 is 2.47 bits per heavy atom. The number of piperidine rings is 1. The molecule has 1 aliphatic heterocycles. The van der Waals surface area contributed by atoms with Crippen LogP contribution in [0.1, 0.15) is 12.8 Å². The van der Waals surface area contributed by atoms with Crippen molar-refractivity contribution >= 4 is 17.6 Å². The van der Waals surface area contributed by atoms with Gasteiger partial charge in [-0.3, -0.25) is 4.68 Å². The Bertz CT molecular complexity index is 397. The summed E-state index contributed by atoms with van der Waals surface area (Å²) in [4.78, 5) is 12.7. The van der Waals surface area contributed by atoms with E-state index in [2.05, 4.69) is 15.3 Å². The number of anilines is 2. The number of carboxylic acid groups (broad SMARTS) is 1. The van der Waals surface area contributed by atoms with Crippen LogP contribution in [0.15, 0.2) is 6.20 Å². The molecule has 0 aromatic carbocycles. The van der Waals surface area contributed by atoms with Gasteiger partial charge in [0.1, 0.15) is 5.82 Å². The molecule has 0 saturated carbocycles. The fourth-order valence-corrected chi connectivity index (χ4v) is 2.30. The van der Waals surface area contributed by atoms with Crippen LogP contribution in [0.5, 0.6) is 0 Å². The summed E-state index contributed by atoms with van der Waals surface area (Å²) in [5.41, 5.74) is 6.49. The van der Waals surface area contributed by atoms with Crippen LogP contribution < -0.4 is 16.0 Å². The molecule has 7 heteroatoms. The minimum atomic E-state index is -0.977. The van der Waals surface area contributed by atoms with Crippen molar-refractivity contribution in [2.24, 2.45) is 7.05 Å². The Hall–Kier alpha value is -1.92. The van der Waals surface area contributed by atoms with E-state index in [0.717, 1.165) is 25.2 Å². The van der Waals surface area contributed by atoms with Gasteiger partial charge in [0, 0.05) is 26.2 Å². The number of rotatable bonds is 2. The molecule has 1 amide bonds. The van der Waals surface area contributed by atoms with Gasteiger partial charge in [-0.25, -0.2) is 4.79 Å². The summed E-state index contributed by atoms with van der Waals surface area (Å²) in [6, 6.07) is -0.0458. The van der Waals surface area contributed by atoms with Crippen molar-refractivity contribution < 1.29 is 9.90 Å². The smallest absolute Gasteiger partial charge is 0.404 e. The number of hydrogen-bond donors (Lipinski definition) is 3. The van der Waals surface area contributed by atoms with Crippen molar-refractivity contribution in [3.05, 3.63) is 6.20 Å². The van der Waals surface area contributed by atoms with Gasteiger partial charge in [-0.1, -0.05) is 0 Å². The lowest BCUT2D eigenvalue weighted by atomic mass is 10.1. The number of nitrogens with one attached hydrogen (secondary N) is 1. The third-order valence-corrected chi connectivity index (χ3v) is 2.98. The van der Waals surface area contributed by atoms with Crippen LogP contribution in [0.4, 0.5) is 16.3 Å². The van der Waals surface area contributed by atoms with E-state index in [-0.39, 0.29) is 6.04 Å². The summed E-state index contributed by atoms with van der Waals surface area (Å²) in [5, 5.41) is 15.3. The summed E-state index contributed by atoms with van der Waals surface area (Å²) in [5.74, 6) is 0.863. The highest BCUT2D eigenvalue weighted by Crippen LogP contribution is 2.25. The van der Waals surface area contributed by atoms with Crippen LogP contribution in [0, 0.1) is 0 Å². The van der Waals surface area contributed by atoms with Crippen molar-refractivity contribution in [1.29, 1.82) is 0 Å². The molecule has 0 unspecified atom stereocenters. The largest absolute Gasteiger partial charge is 0.465 e. The molecule has 1 aliphatic rings. The van der Waals surface area contributed by atoms with E-state index in [0.29, 0.717) is 12.2 Å². The second-order valence-electron chi connectivity index (χ2n) is 4.28. The Labute approximate surface area is 99.2 Å². The zero-order valence-electron chi connectivity index (χ0n) is 9.76. The fraction of sp³-hybridized carbons (Fsp3) is 0.600. The Kier molecular flexibility index (Phi) is 3.08. The molecule has 0 radical (unpaired) electrons. The fourth-order valence-electron chi connectivity index (χ4n) is 2.30. The molecular formula is C10H17N5O2. The van der Waals surface area contributed by atoms with Gasteiger partial charge in [0.05, 0.1) is 11.9 Å². The van der Waals surface area contributed by atoms with Crippen molar-refractivity contribution in [3.63, 3.8) is 0 Å². The molecule has 1 aromatic heterocycles. The first-order valence-corrected chi connectivity index (χ1v) is 5.60. The van der Waals surface area contributed by atoms with E-state index in [1.165, 1.54) is 0 Å². The zero-order valence-corrected chi connectivity index (χ0v) is 9.76. The molecule has 1 fully saturated rings. The average molecular weight is 239 g/mol. The minimum Gasteiger partial charge on any atom is -0.465 e. The maximum atomic E-state index is 10.6. The minimum absolute atomic E-state index is 0.0458. The Morgan fingerprint density at radius 1 is 1.71 bits per heavy atom. The number of hydrogen-bond acceptors (Lipinski definition) is 4. The second kappa shape index (κ2) is 4.52. The van der Waals surface area contributed by atoms with Crippen LogP contribution in [0.25, 0.3) is 0 Å². The number of nitrogen functional groups attached to an aromatic ring is 1. The Balaban J connectivity index is 2.09. The third-order valence-electron chi connectivity index (χ3n) is 2.98. The maximum absolute atomic E-state index is 10.6. The summed E-state index contributed by atoms with van der Waals surface area (Å²) in [7, 11) is 1.83. The van der Waals surface area contributed by atoms with Crippen LogP contribution in [0.2, 0.25) is 0 Å². The highest BCUT2D eigenvalue weighted by Gasteiger charge is 2.24. The normalized spacial score (nSPS) is 20.3. The molecular weight excluding hydrogens is 222 g/mol. The molecule has 0 spiro atoms. The molecule has 2 rings (SSSR count). The van der Waals surface area contributed by atoms with E-state index >= 15 is 0 Å². The lowest BCUT2D eigenvalue weighted by molar-refractivity contribution is 0.188. The highest BCUT2D eigenvalue weighted by molar-refractivity contribution is 5.66. The summed E-state index contributed by atoms with van der Waals surface area (Å²) in [6.07, 6.45) is 2.44. The van der Waals surface area contributed by atoms with Gasteiger partial charge in [0.15, 0.2) is 0 Å². The van der Waals surface area contributed by atoms with Gasteiger partial charge in [-0.2, -0.15) is 5.10 Å². The molecule has 2 heterocycles. The van der Waals surface area contributed by atoms with Gasteiger partial charge in [0.25, 0.3) is 0 Å². The Morgan fingerprint density at radius 3 is 3.06 bits per heavy atom. The molecule has 0 aliphatic carbocycles. The molecule has 94 valence electrons. The SMILES string of the molecule is Cn1ncc(N)c1N1CCC[C@H](NC(=O)O)C1. The van der Waals surface area contributed by atoms with Crippen LogP contribution >= 0.6 is 0 Å². The second-order valence-corrected chi connectivity index (χ2v) is 4.28. The molecule has 7 nitrogen and oxygen atoms in total. The maximum Gasteiger partial charge on any atom is 0.404 e. The van der Waals surface area contributed by atoms with Gasteiger partial charge >= 0.3 is 6.09 Å². The van der Waals surface area contributed by atoms with E-state index in [9.17, 15) is 4.79 Å². The number of aryl methyl sites for hydroxylation is 1. The summed E-state index contributed by atoms with van der Waals surface area (Å²) >= 11 is 0. The summed E-state index contributed by atoms with van der Waals surface area (Å²) < 4.78 is 1.72. The van der Waals surface area contributed by atoms with Crippen LogP contribution in [-0.4, -0.2) is 40.1 Å². The van der Waals surface area contributed by atoms with E-state index in [4.69, 9.17) is 10.8 Å². The molecule has 17 heavy (non-hydrogen) atoms. The summed E-state index contributed by atoms with van der Waals surface area (Å²) in [6.45, 7) is 1.51. The molecule has 4 N–H and O–H groups in total. The van der Waals surface area contributed by atoms with Gasteiger partial charge < -0.3 is 21.1 Å². The standard InChI is InChI=1S/C10H17N5O2/c1-14-9(8(11)5-12-14)15-4-2-3-7(6-15)13-10(16)17/h5,7,13H,2-4,6,11H2,1H3,(H,16,17)/t7-/m0/s1. The number of aromatic nitrogens is 2. The van der Waals surface area contributed by atoms with Crippen molar-refractivity contribution in [2.45, 2.75) is 18.9 Å². The zero-order chi connectivity index (χ0) is 12.4. The van der Waals surface area contributed by atoms with E-state index in [1.54, 1.807) is 10.9 Å². The molecule has 1 saturated heterocycles. The first kappa shape index (κ1) is 11.6. The van der Waals surface area contributed by atoms with Gasteiger partial charge in [0.2, 0.25) is 0 Å². The van der Waals surface area contributed by atoms with Crippen LogP contribution in [-0.2, 0) is 7.05 Å². The average Bonchev–Trinajstić information content (AvgIpc) is 2.58. The molecule has 1 aromatic rings. The predicted molar refractivity (Wildman–Crippen MR) is 64.0 cm³/mol. The topological polar surface area (TPSA) is 96.4 Å². The predicted octanol–water partition coefficient (Wildman–Crippen LogP) is 0.239. The van der Waals surface area contributed by atoms with Gasteiger partial charge in [-0.15, -0.1) is 0 Å². The highest BCUT2D eigenvalue weighted by atomic mass is 16.4. The molecule has 1 atom stereocenters. The van der Waals surface area contributed by atoms with E-state index in [1.807, 2.05) is 7.05 Å². The monoisotopic (exact) mass is 239 g/mol. The van der Waals surface area contributed by atoms with Crippen molar-refractivity contribution in [2.75, 3.05) is 23.7 Å². The van der Waals surface area contributed by atoms with Crippen molar-refractivity contribution in [1.82, 2.24) is 15.1 Å². The first-order chi connectivity index (χ1) is 8.08. The van der Waals surface area contributed by atoms with Crippen LogP contribution in [0.3, 0.4) is 0 Å². The third kappa shape index (κ3) is 2.43. The number of amides is 1. The van der Waals surface area contributed by atoms with Crippen molar-refractivity contribution in [3.8, 4) is 0 Å². The quantitative estimate of drug-likeness (QED) is 0.687. The number of nitrogens with two attached hydrogens (primary N) is 1. The first-order valence-electron chi connectivity index (χ1n) is 5.60. The lowest BCUT2D eigenvalue weighted by Gasteiger charge is -2.34. The number of nitrogens with zero attached hydrogens (tertiary/aromatic N) is 3. The number of carbonyl (C=O) groups is 1.